The number of sulfone groups is 1. The number of hydrogen-bond donors (Lipinski definition) is 1. The summed E-state index contributed by atoms with van der Waals surface area (Å²) in [7, 11) is -3.49. The summed E-state index contributed by atoms with van der Waals surface area (Å²) < 4.78 is 29.2. The summed E-state index contributed by atoms with van der Waals surface area (Å²) in [6, 6.07) is 7.86. The first-order chi connectivity index (χ1) is 14.7. The van der Waals surface area contributed by atoms with Gasteiger partial charge in [0, 0.05) is 34.4 Å². The maximum atomic E-state index is 12.6. The van der Waals surface area contributed by atoms with Gasteiger partial charge in [-0.2, -0.15) is 0 Å². The summed E-state index contributed by atoms with van der Waals surface area (Å²) in [5.41, 5.74) is 1.55. The largest absolute Gasteiger partial charge is 0.440 e. The van der Waals surface area contributed by atoms with Crippen LogP contribution in [-0.4, -0.2) is 36.6 Å². The third kappa shape index (κ3) is 3.80. The summed E-state index contributed by atoms with van der Waals surface area (Å²) in [6.07, 6.45) is 4.70. The molecule has 0 saturated heterocycles. The van der Waals surface area contributed by atoms with Gasteiger partial charge >= 0.3 is 0 Å². The number of carbonyl (C=O) groups excluding carboxylic acids is 1. The predicted molar refractivity (Wildman–Crippen MR) is 114 cm³/mol. The molecule has 1 saturated carbocycles. The standard InChI is InChI=1S/C22H18ClN3O4S/c1-31(28,29)19-8-13(5-7-24-19)20(27)25-16-4-6-22(12-16)10-14(11-22)21-26-17-9-15(23)2-3-18(17)30-21/h2-3,5,7-9,14,16H,10-12H2,1H3,(H,25,27)/t14?,16-,22?/m0/s1. The van der Waals surface area contributed by atoms with Crippen LogP contribution in [0.2, 0.25) is 5.02 Å². The van der Waals surface area contributed by atoms with Crippen molar-refractivity contribution < 1.29 is 17.6 Å². The highest BCUT2D eigenvalue weighted by atomic mass is 35.5. The Kier molecular flexibility index (Phi) is 4.57. The van der Waals surface area contributed by atoms with Gasteiger partial charge in [-0.25, -0.2) is 18.4 Å². The van der Waals surface area contributed by atoms with Crippen molar-refractivity contribution in [2.45, 2.75) is 36.2 Å². The molecule has 2 heterocycles. The van der Waals surface area contributed by atoms with E-state index in [0.29, 0.717) is 22.9 Å². The molecule has 5 rings (SSSR count). The first-order valence-corrected chi connectivity index (χ1v) is 12.0. The second kappa shape index (κ2) is 7.08. The Bertz CT molecular complexity index is 1380. The number of rotatable bonds is 4. The number of halogens is 1. The molecular weight excluding hydrogens is 438 g/mol. The number of oxazole rings is 1. The van der Waals surface area contributed by atoms with E-state index in [0.717, 1.165) is 24.6 Å². The van der Waals surface area contributed by atoms with Gasteiger partial charge in [0.2, 0.25) is 0 Å². The fourth-order valence-corrected chi connectivity index (χ4v) is 4.99. The van der Waals surface area contributed by atoms with Crippen molar-refractivity contribution in [3.8, 4) is 11.8 Å². The molecule has 0 aliphatic heterocycles. The molecule has 1 atom stereocenters. The lowest BCUT2D eigenvalue weighted by Crippen LogP contribution is -2.39. The molecule has 0 radical (unpaired) electrons. The molecule has 2 aliphatic rings. The molecule has 1 spiro atoms. The van der Waals surface area contributed by atoms with Gasteiger partial charge in [-0.1, -0.05) is 23.4 Å². The summed E-state index contributed by atoms with van der Waals surface area (Å²) in [4.78, 5) is 20.9. The number of aromatic nitrogens is 2. The Morgan fingerprint density at radius 1 is 1.26 bits per heavy atom. The SMILES string of the molecule is CS(=O)(=O)c1cc(C(=O)N[C@H]2C#CC3(CC(c4nc5cc(Cl)ccc5o4)C3)C2)ccn1. The fraction of sp³-hybridized carbons (Fsp3) is 0.318. The van der Waals surface area contributed by atoms with Crippen LogP contribution < -0.4 is 5.32 Å². The molecule has 3 aromatic rings. The number of amides is 1. The Hall–Kier alpha value is -2.89. The number of fused-ring (bicyclic) bond motifs is 1. The highest BCUT2D eigenvalue weighted by molar-refractivity contribution is 7.90. The van der Waals surface area contributed by atoms with Crippen LogP contribution in [0.3, 0.4) is 0 Å². The molecular formula is C22H18ClN3O4S. The zero-order valence-electron chi connectivity index (χ0n) is 16.6. The maximum Gasteiger partial charge on any atom is 0.252 e. The van der Waals surface area contributed by atoms with E-state index in [1.54, 1.807) is 12.1 Å². The van der Waals surface area contributed by atoms with Crippen LogP contribution in [0, 0.1) is 17.3 Å². The van der Waals surface area contributed by atoms with Gasteiger partial charge in [-0.15, -0.1) is 0 Å². The smallest absolute Gasteiger partial charge is 0.252 e. The molecule has 0 bridgehead atoms. The Morgan fingerprint density at radius 3 is 2.84 bits per heavy atom. The normalized spacial score (nSPS) is 24.6. The minimum absolute atomic E-state index is 0.129. The minimum atomic E-state index is -3.49. The summed E-state index contributed by atoms with van der Waals surface area (Å²) in [5, 5.41) is 3.38. The average Bonchev–Trinajstić information content (AvgIpc) is 3.30. The average molecular weight is 456 g/mol. The minimum Gasteiger partial charge on any atom is -0.440 e. The van der Waals surface area contributed by atoms with Gasteiger partial charge in [0.05, 0.1) is 6.04 Å². The number of hydrogen-bond acceptors (Lipinski definition) is 6. The molecule has 158 valence electrons. The Labute approximate surface area is 184 Å². The molecule has 7 nitrogen and oxygen atoms in total. The van der Waals surface area contributed by atoms with E-state index in [1.807, 2.05) is 6.07 Å². The molecule has 1 aromatic carbocycles. The lowest BCUT2D eigenvalue weighted by atomic mass is 9.61. The monoisotopic (exact) mass is 455 g/mol. The molecule has 31 heavy (non-hydrogen) atoms. The highest BCUT2D eigenvalue weighted by Gasteiger charge is 2.49. The van der Waals surface area contributed by atoms with Crippen LogP contribution in [0.25, 0.3) is 11.1 Å². The van der Waals surface area contributed by atoms with Gasteiger partial charge in [0.15, 0.2) is 26.3 Å². The molecule has 1 amide bonds. The third-order valence-corrected chi connectivity index (χ3v) is 7.00. The molecule has 1 N–H and O–H groups in total. The van der Waals surface area contributed by atoms with E-state index >= 15 is 0 Å². The van der Waals surface area contributed by atoms with Crippen molar-refractivity contribution in [2.24, 2.45) is 5.41 Å². The first kappa shape index (κ1) is 20.0. The number of carbonyl (C=O) groups is 1. The topological polar surface area (TPSA) is 102 Å². The van der Waals surface area contributed by atoms with Gasteiger partial charge in [0.1, 0.15) is 5.52 Å². The van der Waals surface area contributed by atoms with Crippen molar-refractivity contribution in [1.82, 2.24) is 15.3 Å². The zero-order chi connectivity index (χ0) is 21.8. The second-order valence-corrected chi connectivity index (χ2v) is 10.6. The Balaban J connectivity index is 1.22. The Morgan fingerprint density at radius 2 is 2.06 bits per heavy atom. The van der Waals surface area contributed by atoms with Crippen LogP contribution in [-0.2, 0) is 9.84 Å². The van der Waals surface area contributed by atoms with Crippen molar-refractivity contribution >= 4 is 38.4 Å². The molecule has 2 aromatic heterocycles. The highest BCUT2D eigenvalue weighted by Crippen LogP contribution is 2.55. The van der Waals surface area contributed by atoms with Crippen molar-refractivity contribution in [1.29, 1.82) is 0 Å². The van der Waals surface area contributed by atoms with E-state index in [-0.39, 0.29) is 33.9 Å². The first-order valence-electron chi connectivity index (χ1n) is 9.76. The van der Waals surface area contributed by atoms with Crippen LogP contribution in [0.1, 0.15) is 41.4 Å². The van der Waals surface area contributed by atoms with Crippen molar-refractivity contribution in [3.05, 3.63) is 53.0 Å². The molecule has 2 aliphatic carbocycles. The quantitative estimate of drug-likeness (QED) is 0.605. The lowest BCUT2D eigenvalue weighted by molar-refractivity contribution is 0.0922. The van der Waals surface area contributed by atoms with E-state index in [9.17, 15) is 13.2 Å². The van der Waals surface area contributed by atoms with Crippen molar-refractivity contribution in [2.75, 3.05) is 6.26 Å². The number of nitrogens with one attached hydrogen (secondary N) is 1. The lowest BCUT2D eigenvalue weighted by Gasteiger charge is -2.41. The zero-order valence-corrected chi connectivity index (χ0v) is 18.1. The third-order valence-electron chi connectivity index (χ3n) is 5.78. The fourth-order valence-electron chi connectivity index (χ4n) is 4.24. The van der Waals surface area contributed by atoms with Gasteiger partial charge < -0.3 is 9.73 Å². The molecule has 1 fully saturated rings. The van der Waals surface area contributed by atoms with E-state index in [2.05, 4.69) is 27.1 Å². The van der Waals surface area contributed by atoms with Gasteiger partial charge in [0.25, 0.3) is 5.91 Å². The molecule has 0 unspecified atom stereocenters. The summed E-state index contributed by atoms with van der Waals surface area (Å²) in [5.74, 6) is 6.93. The number of nitrogens with zero attached hydrogens (tertiary/aromatic N) is 2. The second-order valence-electron chi connectivity index (χ2n) is 8.20. The van der Waals surface area contributed by atoms with Crippen LogP contribution in [0.5, 0.6) is 0 Å². The number of pyridine rings is 1. The number of benzene rings is 1. The summed E-state index contributed by atoms with van der Waals surface area (Å²) in [6.45, 7) is 0. The summed E-state index contributed by atoms with van der Waals surface area (Å²) >= 11 is 6.02. The van der Waals surface area contributed by atoms with Crippen LogP contribution >= 0.6 is 11.6 Å². The van der Waals surface area contributed by atoms with E-state index in [1.165, 1.54) is 18.3 Å². The van der Waals surface area contributed by atoms with Crippen LogP contribution in [0.15, 0.2) is 46.0 Å². The van der Waals surface area contributed by atoms with Gasteiger partial charge in [-0.3, -0.25) is 4.79 Å². The van der Waals surface area contributed by atoms with E-state index in [4.69, 9.17) is 16.0 Å². The van der Waals surface area contributed by atoms with E-state index < -0.39 is 9.84 Å². The van der Waals surface area contributed by atoms with Crippen LogP contribution in [0.4, 0.5) is 0 Å². The predicted octanol–water partition coefficient (Wildman–Crippen LogP) is 3.35. The maximum absolute atomic E-state index is 12.6. The molecule has 9 heteroatoms. The van der Waals surface area contributed by atoms with Crippen molar-refractivity contribution in [3.63, 3.8) is 0 Å². The van der Waals surface area contributed by atoms with Gasteiger partial charge in [-0.05, 0) is 49.6 Å².